The molecule has 1 aromatic carbocycles. The van der Waals surface area contributed by atoms with E-state index in [4.69, 9.17) is 5.73 Å². The second kappa shape index (κ2) is 9.86. The molecule has 1 aliphatic rings. The van der Waals surface area contributed by atoms with E-state index < -0.39 is 10.0 Å². The molecule has 0 atom stereocenters. The number of rotatable bonds is 6. The fourth-order valence-corrected chi connectivity index (χ4v) is 4.06. The summed E-state index contributed by atoms with van der Waals surface area (Å²) in [5.41, 5.74) is 5.68. The lowest BCUT2D eigenvalue weighted by Crippen LogP contribution is -2.49. The minimum Gasteiger partial charge on any atom is -0.352 e. The second-order valence-electron chi connectivity index (χ2n) is 5.84. The summed E-state index contributed by atoms with van der Waals surface area (Å²) in [5, 5.41) is 2.70. The molecule has 1 aliphatic heterocycles. The third-order valence-corrected chi connectivity index (χ3v) is 5.98. The summed E-state index contributed by atoms with van der Waals surface area (Å²) in [5.74, 6) is -0.389. The minimum atomic E-state index is -3.70. The monoisotopic (exact) mass is 404 g/mol. The van der Waals surface area contributed by atoms with Gasteiger partial charge >= 0.3 is 0 Å². The molecule has 1 aromatic rings. The van der Waals surface area contributed by atoms with Crippen LogP contribution in [0.5, 0.6) is 0 Å². The van der Waals surface area contributed by atoms with E-state index in [0.29, 0.717) is 38.2 Å². The molecule has 3 N–H and O–H groups in total. The van der Waals surface area contributed by atoms with E-state index in [2.05, 4.69) is 5.32 Å². The zero-order valence-electron chi connectivity index (χ0n) is 14.7. The highest BCUT2D eigenvalue weighted by Crippen LogP contribution is 2.19. The van der Waals surface area contributed by atoms with Crippen LogP contribution in [0.25, 0.3) is 0 Å². The molecule has 1 saturated heterocycles. The lowest BCUT2D eigenvalue weighted by atomic mass is 10.2. The normalized spacial score (nSPS) is 15.2. The average Bonchev–Trinajstić information content (AvgIpc) is 2.62. The number of sulfonamides is 1. The maximum absolute atomic E-state index is 12.8. The van der Waals surface area contributed by atoms with Crippen LogP contribution in [-0.4, -0.2) is 68.7 Å². The molecule has 0 spiro atoms. The Morgan fingerprint density at radius 1 is 1.19 bits per heavy atom. The van der Waals surface area contributed by atoms with Gasteiger partial charge in [0.25, 0.3) is 5.91 Å². The number of nitrogens with one attached hydrogen (secondary N) is 1. The molecule has 0 aromatic heterocycles. The van der Waals surface area contributed by atoms with Gasteiger partial charge in [-0.05, 0) is 31.2 Å². The van der Waals surface area contributed by atoms with E-state index in [9.17, 15) is 18.0 Å². The van der Waals surface area contributed by atoms with Gasteiger partial charge in [-0.25, -0.2) is 8.42 Å². The number of hydrogen-bond acceptors (Lipinski definition) is 5. The topological polar surface area (TPSA) is 113 Å². The minimum absolute atomic E-state index is 0. The molecule has 8 nitrogen and oxygen atoms in total. The van der Waals surface area contributed by atoms with Crippen molar-refractivity contribution < 1.29 is 18.0 Å². The standard InChI is InChI=1S/C16H24N4O4S.ClH/c1-13(21)19-8-10-20(11-9-19)25(23,24)15-5-2-4-14(12-15)16(22)18-7-3-6-17;/h2,4-5,12H,3,6-11,17H2,1H3,(H,18,22);1H. The van der Waals surface area contributed by atoms with Crippen LogP contribution in [0, 0.1) is 0 Å². The maximum atomic E-state index is 12.8. The number of carbonyl (C=O) groups is 2. The van der Waals surface area contributed by atoms with Crippen molar-refractivity contribution in [1.82, 2.24) is 14.5 Å². The average molecular weight is 405 g/mol. The smallest absolute Gasteiger partial charge is 0.251 e. The molecular weight excluding hydrogens is 380 g/mol. The Hall–Kier alpha value is -1.68. The molecule has 0 saturated carbocycles. The van der Waals surface area contributed by atoms with E-state index in [0.717, 1.165) is 0 Å². The number of piperazine rings is 1. The lowest BCUT2D eigenvalue weighted by molar-refractivity contribution is -0.129. The zero-order valence-corrected chi connectivity index (χ0v) is 16.3. The van der Waals surface area contributed by atoms with Crippen molar-refractivity contribution in [2.45, 2.75) is 18.2 Å². The number of nitrogens with zero attached hydrogens (tertiary/aromatic N) is 2. The SMILES string of the molecule is CC(=O)N1CCN(S(=O)(=O)c2cccc(C(=O)NCCCN)c2)CC1.Cl. The van der Waals surface area contributed by atoms with Crippen LogP contribution < -0.4 is 11.1 Å². The predicted octanol–water partition coefficient (Wildman–Crippen LogP) is 0.0398. The third-order valence-electron chi connectivity index (χ3n) is 4.08. The molecule has 26 heavy (non-hydrogen) atoms. The lowest BCUT2D eigenvalue weighted by Gasteiger charge is -2.33. The molecular formula is C16H25ClN4O4S. The second-order valence-corrected chi connectivity index (χ2v) is 7.77. The fraction of sp³-hybridized carbons (Fsp3) is 0.500. The number of carbonyl (C=O) groups excluding carboxylic acids is 2. The number of amides is 2. The third kappa shape index (κ3) is 5.41. The Bertz CT molecular complexity index is 734. The van der Waals surface area contributed by atoms with E-state index in [1.807, 2.05) is 0 Å². The first-order chi connectivity index (χ1) is 11.9. The van der Waals surface area contributed by atoms with Gasteiger partial charge in [-0.1, -0.05) is 6.07 Å². The van der Waals surface area contributed by atoms with Crippen molar-refractivity contribution in [3.8, 4) is 0 Å². The van der Waals surface area contributed by atoms with Crippen LogP contribution in [0.3, 0.4) is 0 Å². The number of halogens is 1. The van der Waals surface area contributed by atoms with Crippen LogP contribution >= 0.6 is 12.4 Å². The van der Waals surface area contributed by atoms with Crippen LogP contribution in [0.15, 0.2) is 29.2 Å². The predicted molar refractivity (Wildman–Crippen MR) is 101 cm³/mol. The van der Waals surface area contributed by atoms with Crippen molar-refractivity contribution >= 4 is 34.2 Å². The van der Waals surface area contributed by atoms with Gasteiger partial charge in [0.1, 0.15) is 0 Å². The fourth-order valence-electron chi connectivity index (χ4n) is 2.60. The first kappa shape index (κ1) is 22.4. The van der Waals surface area contributed by atoms with Gasteiger partial charge in [-0.3, -0.25) is 9.59 Å². The molecule has 0 bridgehead atoms. The Labute approximate surface area is 160 Å². The molecule has 2 rings (SSSR count). The van der Waals surface area contributed by atoms with Gasteiger partial charge in [0.2, 0.25) is 15.9 Å². The highest BCUT2D eigenvalue weighted by Gasteiger charge is 2.29. The summed E-state index contributed by atoms with van der Waals surface area (Å²) in [6.07, 6.45) is 0.657. The van der Waals surface area contributed by atoms with E-state index in [1.165, 1.54) is 23.4 Å². The Balaban J connectivity index is 0.00000338. The van der Waals surface area contributed by atoms with Gasteiger partial charge < -0.3 is 16.0 Å². The van der Waals surface area contributed by atoms with Crippen molar-refractivity contribution in [3.63, 3.8) is 0 Å². The summed E-state index contributed by atoms with van der Waals surface area (Å²) in [6, 6.07) is 5.98. The zero-order chi connectivity index (χ0) is 18.4. The quantitative estimate of drug-likeness (QED) is 0.650. The molecule has 10 heteroatoms. The van der Waals surface area contributed by atoms with Crippen LogP contribution in [0.2, 0.25) is 0 Å². The molecule has 0 radical (unpaired) electrons. The summed E-state index contributed by atoms with van der Waals surface area (Å²) in [7, 11) is -3.70. The first-order valence-corrected chi connectivity index (χ1v) is 9.64. The van der Waals surface area contributed by atoms with Crippen LogP contribution in [0.4, 0.5) is 0 Å². The van der Waals surface area contributed by atoms with Gasteiger partial charge in [-0.2, -0.15) is 4.31 Å². The largest absolute Gasteiger partial charge is 0.352 e. The van der Waals surface area contributed by atoms with Crippen molar-refractivity contribution in [2.24, 2.45) is 5.73 Å². The molecule has 146 valence electrons. The summed E-state index contributed by atoms with van der Waals surface area (Å²) in [4.78, 5) is 25.1. The van der Waals surface area contributed by atoms with Crippen molar-refractivity contribution in [3.05, 3.63) is 29.8 Å². The molecule has 0 aliphatic carbocycles. The van der Waals surface area contributed by atoms with E-state index >= 15 is 0 Å². The van der Waals surface area contributed by atoms with Gasteiger partial charge in [0, 0.05) is 45.2 Å². The van der Waals surface area contributed by atoms with Crippen LogP contribution in [-0.2, 0) is 14.8 Å². The molecule has 2 amide bonds. The van der Waals surface area contributed by atoms with Crippen LogP contribution in [0.1, 0.15) is 23.7 Å². The Morgan fingerprint density at radius 2 is 1.85 bits per heavy atom. The van der Waals surface area contributed by atoms with Gasteiger partial charge in [-0.15, -0.1) is 12.4 Å². The number of nitrogens with two attached hydrogens (primary N) is 1. The molecule has 1 fully saturated rings. The number of hydrogen-bond donors (Lipinski definition) is 2. The summed E-state index contributed by atoms with van der Waals surface area (Å²) >= 11 is 0. The molecule has 0 unspecified atom stereocenters. The molecule has 1 heterocycles. The Morgan fingerprint density at radius 3 is 2.42 bits per heavy atom. The van der Waals surface area contributed by atoms with E-state index in [1.54, 1.807) is 17.0 Å². The van der Waals surface area contributed by atoms with E-state index in [-0.39, 0.29) is 42.2 Å². The van der Waals surface area contributed by atoms with Crippen molar-refractivity contribution in [2.75, 3.05) is 39.3 Å². The van der Waals surface area contributed by atoms with Crippen molar-refractivity contribution in [1.29, 1.82) is 0 Å². The summed E-state index contributed by atoms with van der Waals surface area (Å²) in [6.45, 7) is 3.61. The van der Waals surface area contributed by atoms with Gasteiger partial charge in [0.05, 0.1) is 4.90 Å². The highest BCUT2D eigenvalue weighted by molar-refractivity contribution is 7.89. The maximum Gasteiger partial charge on any atom is 0.251 e. The Kier molecular flexibility index (Phi) is 8.48. The first-order valence-electron chi connectivity index (χ1n) is 8.20. The summed E-state index contributed by atoms with van der Waals surface area (Å²) < 4.78 is 26.9. The van der Waals surface area contributed by atoms with Gasteiger partial charge in [0.15, 0.2) is 0 Å². The highest BCUT2D eigenvalue weighted by atomic mass is 35.5. The number of benzene rings is 1.